The van der Waals surface area contributed by atoms with Crippen molar-refractivity contribution in [3.05, 3.63) is 34.3 Å². The summed E-state index contributed by atoms with van der Waals surface area (Å²) in [5.41, 5.74) is 0.912. The molecule has 1 saturated carbocycles. The van der Waals surface area contributed by atoms with Crippen LogP contribution in [-0.4, -0.2) is 17.7 Å². The molecule has 1 fully saturated rings. The molecule has 2 rings (SSSR count). The second-order valence-electron chi connectivity index (χ2n) is 6.40. The molecule has 0 radical (unpaired) electrons. The Balaban J connectivity index is 1.86. The van der Waals surface area contributed by atoms with Gasteiger partial charge in [-0.2, -0.15) is 0 Å². The Morgan fingerprint density at radius 3 is 2.50 bits per heavy atom. The largest absolute Gasteiger partial charge is 0.444 e. The van der Waals surface area contributed by atoms with Crippen molar-refractivity contribution in [1.82, 2.24) is 5.32 Å². The van der Waals surface area contributed by atoms with E-state index in [0.717, 1.165) is 23.7 Å². The molecule has 20 heavy (non-hydrogen) atoms. The number of benzene rings is 1. The number of halogens is 1. The normalized spacial score (nSPS) is 22.6. The summed E-state index contributed by atoms with van der Waals surface area (Å²) in [6.07, 6.45) is 2.81. The molecule has 1 amide bonds. The first-order valence-electron chi connectivity index (χ1n) is 7.08. The maximum Gasteiger partial charge on any atom is 0.407 e. The van der Waals surface area contributed by atoms with Gasteiger partial charge in [-0.05, 0) is 63.6 Å². The van der Waals surface area contributed by atoms with Crippen LogP contribution in [0.3, 0.4) is 0 Å². The van der Waals surface area contributed by atoms with Crippen molar-refractivity contribution < 1.29 is 9.53 Å². The zero-order valence-corrected chi connectivity index (χ0v) is 13.9. The predicted octanol–water partition coefficient (Wildman–Crippen LogP) is 4.61. The van der Waals surface area contributed by atoms with Crippen LogP contribution in [0.5, 0.6) is 0 Å². The second-order valence-corrected chi connectivity index (χ2v) is 7.32. The van der Waals surface area contributed by atoms with Crippen LogP contribution in [0.4, 0.5) is 4.79 Å². The second kappa shape index (κ2) is 6.17. The van der Waals surface area contributed by atoms with E-state index >= 15 is 0 Å². The fourth-order valence-electron chi connectivity index (χ4n) is 2.62. The van der Waals surface area contributed by atoms with E-state index in [1.807, 2.05) is 20.8 Å². The van der Waals surface area contributed by atoms with E-state index in [-0.39, 0.29) is 12.1 Å². The summed E-state index contributed by atoms with van der Waals surface area (Å²) in [6.45, 7) is 5.64. The number of carbonyl (C=O) groups excluding carboxylic acids is 1. The van der Waals surface area contributed by atoms with Gasteiger partial charge < -0.3 is 10.1 Å². The Morgan fingerprint density at radius 2 is 1.90 bits per heavy atom. The lowest BCUT2D eigenvalue weighted by Crippen LogP contribution is -2.37. The maximum absolute atomic E-state index is 11.8. The van der Waals surface area contributed by atoms with E-state index in [1.54, 1.807) is 0 Å². The zero-order valence-electron chi connectivity index (χ0n) is 12.3. The van der Waals surface area contributed by atoms with Gasteiger partial charge in [-0.15, -0.1) is 0 Å². The van der Waals surface area contributed by atoms with Crippen LogP contribution in [-0.2, 0) is 4.74 Å². The van der Waals surface area contributed by atoms with Crippen molar-refractivity contribution in [2.24, 2.45) is 0 Å². The minimum Gasteiger partial charge on any atom is -0.444 e. The Hall–Kier alpha value is -1.03. The van der Waals surface area contributed by atoms with Gasteiger partial charge in [0.1, 0.15) is 5.60 Å². The minimum absolute atomic E-state index is 0.221. The number of rotatable bonds is 2. The fraction of sp³-hybridized carbons (Fsp3) is 0.562. The molecule has 0 spiro atoms. The van der Waals surface area contributed by atoms with Crippen molar-refractivity contribution in [1.29, 1.82) is 0 Å². The molecule has 0 saturated heterocycles. The van der Waals surface area contributed by atoms with Crippen LogP contribution in [0, 0.1) is 0 Å². The number of ether oxygens (including phenoxy) is 1. The summed E-state index contributed by atoms with van der Waals surface area (Å²) in [5, 5.41) is 2.98. The number of hydrogen-bond donors (Lipinski definition) is 1. The summed E-state index contributed by atoms with van der Waals surface area (Å²) in [6, 6.07) is 8.68. The quantitative estimate of drug-likeness (QED) is 0.854. The molecule has 3 nitrogen and oxygen atoms in total. The number of amides is 1. The first kappa shape index (κ1) is 15.4. The number of nitrogens with one attached hydrogen (secondary N) is 1. The highest BCUT2D eigenvalue weighted by Crippen LogP contribution is 2.35. The Bertz CT molecular complexity index is 464. The summed E-state index contributed by atoms with van der Waals surface area (Å²) >= 11 is 3.45. The molecule has 1 aromatic carbocycles. The standard InChI is InChI=1S/C16H22BrNO2/c1-16(2,3)20-15(19)18-14-9-6-12(10-14)11-4-7-13(17)8-5-11/h4-5,7-8,12,14H,6,9-10H2,1-3H3,(H,18,19). The third-order valence-corrected chi connectivity index (χ3v) is 4.02. The lowest BCUT2D eigenvalue weighted by Gasteiger charge is -2.21. The molecule has 4 heteroatoms. The van der Waals surface area contributed by atoms with E-state index in [1.165, 1.54) is 5.56 Å². The van der Waals surface area contributed by atoms with Gasteiger partial charge in [0.05, 0.1) is 0 Å². The van der Waals surface area contributed by atoms with Gasteiger partial charge in [0, 0.05) is 10.5 Å². The minimum atomic E-state index is -0.437. The van der Waals surface area contributed by atoms with E-state index in [0.29, 0.717) is 5.92 Å². The molecule has 1 N–H and O–H groups in total. The van der Waals surface area contributed by atoms with Gasteiger partial charge in [-0.1, -0.05) is 28.1 Å². The molecule has 1 aliphatic rings. The summed E-state index contributed by atoms with van der Waals surface area (Å²) in [7, 11) is 0. The number of carbonyl (C=O) groups is 1. The Morgan fingerprint density at radius 1 is 1.25 bits per heavy atom. The van der Waals surface area contributed by atoms with Crippen LogP contribution >= 0.6 is 15.9 Å². The molecule has 0 bridgehead atoms. The van der Waals surface area contributed by atoms with E-state index < -0.39 is 5.60 Å². The van der Waals surface area contributed by atoms with Gasteiger partial charge in [0.25, 0.3) is 0 Å². The Labute approximate surface area is 129 Å². The van der Waals surface area contributed by atoms with Crippen LogP contribution in [0.25, 0.3) is 0 Å². The highest BCUT2D eigenvalue weighted by molar-refractivity contribution is 9.10. The van der Waals surface area contributed by atoms with Crippen LogP contribution in [0.1, 0.15) is 51.5 Å². The number of alkyl carbamates (subject to hydrolysis) is 1. The summed E-state index contributed by atoms with van der Waals surface area (Å²) < 4.78 is 6.40. The molecule has 110 valence electrons. The zero-order chi connectivity index (χ0) is 14.8. The van der Waals surface area contributed by atoms with Crippen molar-refractivity contribution in [3.63, 3.8) is 0 Å². The van der Waals surface area contributed by atoms with E-state index in [9.17, 15) is 4.79 Å². The molecule has 1 aliphatic carbocycles. The maximum atomic E-state index is 11.8. The van der Waals surface area contributed by atoms with Gasteiger partial charge in [0.2, 0.25) is 0 Å². The van der Waals surface area contributed by atoms with Crippen LogP contribution in [0.15, 0.2) is 28.7 Å². The highest BCUT2D eigenvalue weighted by Gasteiger charge is 2.28. The van der Waals surface area contributed by atoms with Crippen LogP contribution in [0.2, 0.25) is 0 Å². The average Bonchev–Trinajstić information content (AvgIpc) is 2.75. The summed E-state index contributed by atoms with van der Waals surface area (Å²) in [4.78, 5) is 11.8. The molecule has 2 unspecified atom stereocenters. The molecule has 0 heterocycles. The van der Waals surface area contributed by atoms with Gasteiger partial charge in [0.15, 0.2) is 0 Å². The van der Waals surface area contributed by atoms with Crippen molar-refractivity contribution in [2.75, 3.05) is 0 Å². The van der Waals surface area contributed by atoms with Crippen molar-refractivity contribution >= 4 is 22.0 Å². The molecule has 0 aromatic heterocycles. The molecule has 1 aromatic rings. The lowest BCUT2D eigenvalue weighted by atomic mass is 9.98. The molecular weight excluding hydrogens is 318 g/mol. The predicted molar refractivity (Wildman–Crippen MR) is 83.9 cm³/mol. The van der Waals surface area contributed by atoms with Crippen molar-refractivity contribution in [2.45, 2.75) is 57.6 Å². The van der Waals surface area contributed by atoms with Crippen molar-refractivity contribution in [3.8, 4) is 0 Å². The summed E-state index contributed by atoms with van der Waals surface area (Å²) in [5.74, 6) is 0.531. The fourth-order valence-corrected chi connectivity index (χ4v) is 2.89. The third-order valence-electron chi connectivity index (χ3n) is 3.49. The third kappa shape index (κ3) is 4.51. The van der Waals surface area contributed by atoms with E-state index in [2.05, 4.69) is 45.5 Å². The van der Waals surface area contributed by atoms with Gasteiger partial charge in [-0.25, -0.2) is 4.79 Å². The first-order valence-corrected chi connectivity index (χ1v) is 7.88. The SMILES string of the molecule is CC(C)(C)OC(=O)NC1CCC(c2ccc(Br)cc2)C1. The monoisotopic (exact) mass is 339 g/mol. The van der Waals surface area contributed by atoms with Crippen LogP contribution < -0.4 is 5.32 Å². The molecule has 0 aliphatic heterocycles. The first-order chi connectivity index (χ1) is 9.33. The number of hydrogen-bond acceptors (Lipinski definition) is 2. The highest BCUT2D eigenvalue weighted by atomic mass is 79.9. The lowest BCUT2D eigenvalue weighted by molar-refractivity contribution is 0.0505. The molecule has 2 atom stereocenters. The van der Waals surface area contributed by atoms with E-state index in [4.69, 9.17) is 4.74 Å². The Kier molecular flexibility index (Phi) is 4.74. The topological polar surface area (TPSA) is 38.3 Å². The smallest absolute Gasteiger partial charge is 0.407 e. The average molecular weight is 340 g/mol. The van der Waals surface area contributed by atoms with Gasteiger partial charge >= 0.3 is 6.09 Å². The molecular formula is C16H22BrNO2. The van der Waals surface area contributed by atoms with Gasteiger partial charge in [-0.3, -0.25) is 0 Å².